The monoisotopic (exact) mass is 398 g/mol. The van der Waals surface area contributed by atoms with E-state index < -0.39 is 12.6 Å². The van der Waals surface area contributed by atoms with Crippen LogP contribution in [-0.4, -0.2) is 41.4 Å². The Labute approximate surface area is 165 Å². The summed E-state index contributed by atoms with van der Waals surface area (Å²) >= 11 is 0. The largest absolute Gasteiger partial charge is 0.464 e. The van der Waals surface area contributed by atoms with E-state index in [1.54, 1.807) is 0 Å². The van der Waals surface area contributed by atoms with Crippen LogP contribution in [0, 0.1) is 0 Å². The molecule has 2 N–H and O–H groups in total. The van der Waals surface area contributed by atoms with Crippen LogP contribution in [0.15, 0.2) is 57.0 Å². The molecule has 7 nitrogen and oxygen atoms in total. The number of aliphatic imine (C=N–C) groups is 2. The van der Waals surface area contributed by atoms with Gasteiger partial charge in [0.15, 0.2) is 5.49 Å². The molecule has 1 aromatic heterocycles. The van der Waals surface area contributed by atoms with Gasteiger partial charge >= 0.3 is 6.02 Å². The molecule has 0 spiro atoms. The zero-order valence-corrected chi connectivity index (χ0v) is 15.8. The molecular weight excluding hydrogens is 378 g/mol. The number of halogens is 2. The van der Waals surface area contributed by atoms with Gasteiger partial charge in [0.1, 0.15) is 17.3 Å². The summed E-state index contributed by atoms with van der Waals surface area (Å²) in [6.07, 6.45) is -0.722. The van der Waals surface area contributed by atoms with Gasteiger partial charge in [0.05, 0.1) is 19.7 Å². The number of ether oxygens (including phenoxy) is 1. The highest BCUT2D eigenvalue weighted by Gasteiger charge is 2.23. The summed E-state index contributed by atoms with van der Waals surface area (Å²) in [5, 5.41) is 0. The fourth-order valence-electron chi connectivity index (χ4n) is 3.23. The van der Waals surface area contributed by atoms with Gasteiger partial charge in [-0.1, -0.05) is 30.3 Å². The molecule has 0 amide bonds. The summed E-state index contributed by atoms with van der Waals surface area (Å²) in [6, 6.07) is 9.92. The molecule has 2 aromatic rings. The number of hydrogen-bond acceptors (Lipinski definition) is 6. The van der Waals surface area contributed by atoms with Crippen molar-refractivity contribution in [1.82, 2.24) is 9.55 Å². The Hall–Kier alpha value is -3.20. The minimum atomic E-state index is -2.61. The molecule has 2 aliphatic heterocycles. The summed E-state index contributed by atoms with van der Waals surface area (Å²) in [6.45, 7) is 2.92. The number of hydrogen-bond donors (Lipinski definition) is 1. The lowest BCUT2D eigenvalue weighted by Gasteiger charge is -2.12. The summed E-state index contributed by atoms with van der Waals surface area (Å²) in [7, 11) is 0. The van der Waals surface area contributed by atoms with Crippen LogP contribution < -0.4 is 16.7 Å². The van der Waals surface area contributed by atoms with Crippen LogP contribution in [-0.2, 0) is 11.3 Å². The number of benzene rings is 1. The molecule has 150 valence electrons. The third kappa shape index (κ3) is 3.86. The zero-order chi connectivity index (χ0) is 20.4. The van der Waals surface area contributed by atoms with E-state index >= 15 is 0 Å². The number of rotatable bonds is 4. The van der Waals surface area contributed by atoms with Gasteiger partial charge in [-0.3, -0.25) is 4.99 Å². The van der Waals surface area contributed by atoms with Crippen LogP contribution in [0.3, 0.4) is 0 Å². The first kappa shape index (κ1) is 19.1. The van der Waals surface area contributed by atoms with E-state index in [1.807, 2.05) is 41.8 Å². The highest BCUT2D eigenvalue weighted by molar-refractivity contribution is 5.86. The van der Waals surface area contributed by atoms with Gasteiger partial charge in [-0.25, -0.2) is 18.8 Å². The Morgan fingerprint density at radius 1 is 1.28 bits per heavy atom. The van der Waals surface area contributed by atoms with Gasteiger partial charge in [0, 0.05) is 17.4 Å². The topological polar surface area (TPSA) is 90.1 Å². The van der Waals surface area contributed by atoms with Gasteiger partial charge in [-0.15, -0.1) is 0 Å². The average molecular weight is 398 g/mol. The molecular formula is C20H20F2N6O. The van der Waals surface area contributed by atoms with Gasteiger partial charge < -0.3 is 15.0 Å². The molecule has 0 fully saturated rings. The van der Waals surface area contributed by atoms with E-state index in [0.29, 0.717) is 35.4 Å². The molecule has 1 unspecified atom stereocenters. The molecule has 29 heavy (non-hydrogen) atoms. The quantitative estimate of drug-likeness (QED) is 0.843. The van der Waals surface area contributed by atoms with E-state index in [1.165, 1.54) is 12.3 Å². The minimum absolute atomic E-state index is 0.147. The lowest BCUT2D eigenvalue weighted by molar-refractivity contribution is 0.197. The van der Waals surface area contributed by atoms with Crippen molar-refractivity contribution < 1.29 is 13.5 Å². The predicted octanol–water partition coefficient (Wildman–Crippen LogP) is 1.34. The second-order valence-corrected chi connectivity index (χ2v) is 6.56. The van der Waals surface area contributed by atoms with Crippen molar-refractivity contribution in [1.29, 1.82) is 0 Å². The van der Waals surface area contributed by atoms with Gasteiger partial charge in [-0.05, 0) is 18.6 Å². The third-order valence-corrected chi connectivity index (χ3v) is 4.54. The minimum Gasteiger partial charge on any atom is -0.464 e. The van der Waals surface area contributed by atoms with Crippen molar-refractivity contribution >= 4 is 17.8 Å². The Morgan fingerprint density at radius 3 is 2.79 bits per heavy atom. The van der Waals surface area contributed by atoms with Crippen molar-refractivity contribution in [3.8, 4) is 0 Å². The van der Waals surface area contributed by atoms with E-state index in [2.05, 4.69) is 20.0 Å². The molecule has 9 heteroatoms. The maximum atomic E-state index is 13.2. The van der Waals surface area contributed by atoms with E-state index in [-0.39, 0.29) is 18.1 Å². The zero-order valence-electron chi connectivity index (χ0n) is 15.8. The van der Waals surface area contributed by atoms with Crippen molar-refractivity contribution in [3.05, 3.63) is 64.2 Å². The molecule has 0 radical (unpaired) electrons. The van der Waals surface area contributed by atoms with E-state index in [0.717, 1.165) is 5.56 Å². The second kappa shape index (κ2) is 8.04. The Morgan fingerprint density at radius 2 is 2.07 bits per heavy atom. The molecule has 3 heterocycles. The highest BCUT2D eigenvalue weighted by Crippen LogP contribution is 2.15. The molecule has 1 atom stereocenters. The molecule has 2 aliphatic rings. The third-order valence-electron chi connectivity index (χ3n) is 4.54. The second-order valence-electron chi connectivity index (χ2n) is 6.56. The van der Waals surface area contributed by atoms with Crippen LogP contribution in [0.25, 0.3) is 5.57 Å². The first-order valence-electron chi connectivity index (χ1n) is 9.24. The molecule has 4 rings (SSSR count). The lowest BCUT2D eigenvalue weighted by atomic mass is 10.1. The molecule has 0 saturated heterocycles. The number of imidazole rings is 1. The van der Waals surface area contributed by atoms with E-state index in [9.17, 15) is 8.78 Å². The number of aromatic nitrogens is 2. The van der Waals surface area contributed by atoms with E-state index in [4.69, 9.17) is 10.5 Å². The Kier molecular flexibility index (Phi) is 5.30. The number of dihydropyridines is 1. The van der Waals surface area contributed by atoms with Crippen LogP contribution in [0.1, 0.15) is 24.3 Å². The maximum Gasteiger partial charge on any atom is 0.315 e. The number of nitrogens with zero attached hydrogens (tertiary/aromatic N) is 5. The first-order chi connectivity index (χ1) is 14.1. The molecule has 0 saturated carbocycles. The summed E-state index contributed by atoms with van der Waals surface area (Å²) < 4.78 is 33.7. The summed E-state index contributed by atoms with van der Waals surface area (Å²) in [4.78, 5) is 17.4. The normalized spacial score (nSPS) is 20.1. The summed E-state index contributed by atoms with van der Waals surface area (Å²) in [5.41, 5.74) is 9.11. The van der Waals surface area contributed by atoms with Crippen LogP contribution in [0.2, 0.25) is 0 Å². The molecule has 0 aliphatic carbocycles. The Balaban J connectivity index is 1.94. The SMILES string of the molecule is CCOC1=NC(N)c2nc(=C3C=C(C(F)F)C=NC3)n(Cc3ccccc3)c2=N1. The highest BCUT2D eigenvalue weighted by atomic mass is 19.3. The lowest BCUT2D eigenvalue weighted by Crippen LogP contribution is -2.34. The van der Waals surface area contributed by atoms with Gasteiger partial charge in [-0.2, -0.15) is 4.99 Å². The van der Waals surface area contributed by atoms with Crippen molar-refractivity contribution in [3.63, 3.8) is 0 Å². The summed E-state index contributed by atoms with van der Waals surface area (Å²) in [5.74, 6) is 0. The number of alkyl halides is 2. The van der Waals surface area contributed by atoms with Crippen LogP contribution >= 0.6 is 0 Å². The van der Waals surface area contributed by atoms with Crippen molar-refractivity contribution in [2.75, 3.05) is 13.2 Å². The predicted molar refractivity (Wildman–Crippen MR) is 105 cm³/mol. The van der Waals surface area contributed by atoms with Crippen molar-refractivity contribution in [2.24, 2.45) is 20.7 Å². The number of fused-ring (bicyclic) bond motifs is 1. The maximum absolute atomic E-state index is 13.2. The van der Waals surface area contributed by atoms with Gasteiger partial charge in [0.25, 0.3) is 6.43 Å². The number of allylic oxidation sites excluding steroid dienone is 1. The number of amidine groups is 1. The standard InChI is InChI=1S/C20H20F2N6O/c1-2-29-20-26-17(23)15-19(27-20)28(11-12-6-4-3-5-7-12)18(25-15)14-8-13(16(21)22)9-24-10-14/h3-9,16-17H,2,10-11,23H2,1H3. The van der Waals surface area contributed by atoms with Crippen LogP contribution in [0.4, 0.5) is 8.78 Å². The molecule has 1 aromatic carbocycles. The Bertz CT molecular complexity index is 1120. The fraction of sp³-hybridized carbons (Fsp3) is 0.300. The van der Waals surface area contributed by atoms with Crippen molar-refractivity contribution in [2.45, 2.75) is 26.1 Å². The molecule has 0 bridgehead atoms. The smallest absolute Gasteiger partial charge is 0.315 e. The first-order valence-corrected chi connectivity index (χ1v) is 9.24. The number of nitrogens with two attached hydrogens (primary N) is 1. The average Bonchev–Trinajstić information content (AvgIpc) is 3.08. The van der Waals surface area contributed by atoms with Gasteiger partial charge in [0.2, 0.25) is 0 Å². The van der Waals surface area contributed by atoms with Crippen LogP contribution in [0.5, 0.6) is 0 Å². The fourth-order valence-corrected chi connectivity index (χ4v) is 3.23.